The predicted molar refractivity (Wildman–Crippen MR) is 78.6 cm³/mol. The van der Waals surface area contributed by atoms with Gasteiger partial charge in [-0.3, -0.25) is 4.79 Å². The van der Waals surface area contributed by atoms with E-state index in [-0.39, 0.29) is 17.9 Å². The minimum atomic E-state index is -0.825. The van der Waals surface area contributed by atoms with E-state index in [0.717, 1.165) is 13.0 Å². The Morgan fingerprint density at radius 3 is 2.40 bits per heavy atom. The van der Waals surface area contributed by atoms with Crippen molar-refractivity contribution in [2.45, 2.75) is 58.8 Å². The SMILES string of the molecule is CC(C)CC1(CNC(=O)NCCCC(=O)O)CCCC1. The average molecular weight is 284 g/mol. The first-order chi connectivity index (χ1) is 9.43. The summed E-state index contributed by atoms with van der Waals surface area (Å²) in [7, 11) is 0. The van der Waals surface area contributed by atoms with Crippen LogP contribution in [0.15, 0.2) is 0 Å². The van der Waals surface area contributed by atoms with E-state index in [2.05, 4.69) is 24.5 Å². The zero-order chi connectivity index (χ0) is 15.0. The Morgan fingerprint density at radius 2 is 1.85 bits per heavy atom. The third kappa shape index (κ3) is 6.26. The van der Waals surface area contributed by atoms with Crippen LogP contribution in [-0.2, 0) is 4.79 Å². The van der Waals surface area contributed by atoms with E-state index in [1.165, 1.54) is 25.7 Å². The van der Waals surface area contributed by atoms with Gasteiger partial charge in [0, 0.05) is 19.5 Å². The second-order valence-corrected chi connectivity index (χ2v) is 6.41. The van der Waals surface area contributed by atoms with Crippen LogP contribution in [0.1, 0.15) is 58.8 Å². The van der Waals surface area contributed by atoms with E-state index in [1.54, 1.807) is 0 Å². The highest BCUT2D eigenvalue weighted by molar-refractivity contribution is 5.74. The summed E-state index contributed by atoms with van der Waals surface area (Å²) in [5.41, 5.74) is 0.270. The fourth-order valence-corrected chi connectivity index (χ4v) is 3.22. The van der Waals surface area contributed by atoms with Crippen molar-refractivity contribution in [2.24, 2.45) is 11.3 Å². The molecule has 0 saturated heterocycles. The molecule has 0 heterocycles. The Labute approximate surface area is 121 Å². The molecular weight excluding hydrogens is 256 g/mol. The molecule has 1 aliphatic carbocycles. The Balaban J connectivity index is 2.25. The van der Waals surface area contributed by atoms with Crippen LogP contribution in [0.3, 0.4) is 0 Å². The molecule has 0 bridgehead atoms. The normalized spacial score (nSPS) is 17.1. The van der Waals surface area contributed by atoms with E-state index in [9.17, 15) is 9.59 Å². The first-order valence-electron chi connectivity index (χ1n) is 7.67. The lowest BCUT2D eigenvalue weighted by Crippen LogP contribution is -2.42. The molecule has 116 valence electrons. The molecule has 3 N–H and O–H groups in total. The van der Waals surface area contributed by atoms with Crippen molar-refractivity contribution in [3.8, 4) is 0 Å². The van der Waals surface area contributed by atoms with Crippen molar-refractivity contribution in [1.29, 1.82) is 0 Å². The molecule has 0 atom stereocenters. The minimum Gasteiger partial charge on any atom is -0.481 e. The van der Waals surface area contributed by atoms with E-state index in [1.807, 2.05) is 0 Å². The zero-order valence-electron chi connectivity index (χ0n) is 12.7. The van der Waals surface area contributed by atoms with Crippen molar-refractivity contribution in [3.63, 3.8) is 0 Å². The lowest BCUT2D eigenvalue weighted by molar-refractivity contribution is -0.137. The number of aliphatic carboxylic acids is 1. The van der Waals surface area contributed by atoms with Crippen LogP contribution in [0.2, 0.25) is 0 Å². The molecule has 1 fully saturated rings. The number of urea groups is 1. The highest BCUT2D eigenvalue weighted by Crippen LogP contribution is 2.42. The molecule has 1 rings (SSSR count). The molecule has 0 unspecified atom stereocenters. The molecule has 0 aromatic rings. The molecule has 5 heteroatoms. The summed E-state index contributed by atoms with van der Waals surface area (Å²) in [6, 6.07) is -0.176. The van der Waals surface area contributed by atoms with Gasteiger partial charge in [-0.15, -0.1) is 0 Å². The van der Waals surface area contributed by atoms with Crippen LogP contribution < -0.4 is 10.6 Å². The summed E-state index contributed by atoms with van der Waals surface area (Å²) in [5, 5.41) is 14.2. The largest absolute Gasteiger partial charge is 0.481 e. The minimum absolute atomic E-state index is 0.0948. The Hall–Kier alpha value is -1.26. The van der Waals surface area contributed by atoms with Crippen LogP contribution in [0.5, 0.6) is 0 Å². The molecule has 0 spiro atoms. The summed E-state index contributed by atoms with van der Waals surface area (Å²) < 4.78 is 0. The van der Waals surface area contributed by atoms with Gasteiger partial charge >= 0.3 is 12.0 Å². The highest BCUT2D eigenvalue weighted by atomic mass is 16.4. The van der Waals surface area contributed by atoms with Gasteiger partial charge in [-0.2, -0.15) is 0 Å². The van der Waals surface area contributed by atoms with Gasteiger partial charge in [0.25, 0.3) is 0 Å². The first kappa shape index (κ1) is 16.8. The maximum atomic E-state index is 11.7. The van der Waals surface area contributed by atoms with E-state index in [4.69, 9.17) is 5.11 Å². The Morgan fingerprint density at radius 1 is 1.20 bits per heavy atom. The van der Waals surface area contributed by atoms with Gasteiger partial charge in [0.15, 0.2) is 0 Å². The molecule has 1 aliphatic rings. The van der Waals surface area contributed by atoms with E-state index >= 15 is 0 Å². The van der Waals surface area contributed by atoms with Gasteiger partial charge in [0.2, 0.25) is 0 Å². The van der Waals surface area contributed by atoms with Gasteiger partial charge in [-0.1, -0.05) is 26.7 Å². The number of carbonyl (C=O) groups is 2. The number of carboxylic acids is 1. The van der Waals surface area contributed by atoms with Crippen LogP contribution in [0.25, 0.3) is 0 Å². The topological polar surface area (TPSA) is 78.4 Å². The zero-order valence-corrected chi connectivity index (χ0v) is 12.7. The lowest BCUT2D eigenvalue weighted by atomic mass is 9.78. The fourth-order valence-electron chi connectivity index (χ4n) is 3.22. The lowest BCUT2D eigenvalue weighted by Gasteiger charge is -2.31. The highest BCUT2D eigenvalue weighted by Gasteiger charge is 2.34. The van der Waals surface area contributed by atoms with Crippen molar-refractivity contribution >= 4 is 12.0 Å². The molecule has 0 aliphatic heterocycles. The second kappa shape index (κ2) is 8.12. The summed E-state index contributed by atoms with van der Waals surface area (Å²) in [5.74, 6) is -0.178. The number of carboxylic acid groups (broad SMARTS) is 1. The third-order valence-corrected chi connectivity index (χ3v) is 3.98. The molecule has 20 heavy (non-hydrogen) atoms. The van der Waals surface area contributed by atoms with Crippen molar-refractivity contribution in [2.75, 3.05) is 13.1 Å². The molecule has 1 saturated carbocycles. The number of hydrogen-bond acceptors (Lipinski definition) is 2. The van der Waals surface area contributed by atoms with Gasteiger partial charge in [0.1, 0.15) is 0 Å². The van der Waals surface area contributed by atoms with Crippen LogP contribution >= 0.6 is 0 Å². The maximum Gasteiger partial charge on any atom is 0.314 e. The van der Waals surface area contributed by atoms with Crippen LogP contribution in [-0.4, -0.2) is 30.2 Å². The molecule has 0 aromatic carbocycles. The van der Waals surface area contributed by atoms with Gasteiger partial charge < -0.3 is 15.7 Å². The summed E-state index contributed by atoms with van der Waals surface area (Å²) in [6.45, 7) is 5.60. The van der Waals surface area contributed by atoms with Crippen molar-refractivity contribution in [1.82, 2.24) is 10.6 Å². The number of nitrogens with one attached hydrogen (secondary N) is 2. The maximum absolute atomic E-state index is 11.7. The number of rotatable bonds is 8. The third-order valence-electron chi connectivity index (χ3n) is 3.98. The quantitative estimate of drug-likeness (QED) is 0.600. The van der Waals surface area contributed by atoms with Crippen LogP contribution in [0, 0.1) is 11.3 Å². The van der Waals surface area contributed by atoms with Gasteiger partial charge in [-0.05, 0) is 37.0 Å². The van der Waals surface area contributed by atoms with Crippen molar-refractivity contribution in [3.05, 3.63) is 0 Å². The standard InChI is InChI=1S/C15H28N2O3/c1-12(2)10-15(7-3-4-8-15)11-17-14(20)16-9-5-6-13(18)19/h12H,3-11H2,1-2H3,(H,18,19)(H2,16,17,20). The predicted octanol–water partition coefficient (Wildman–Crippen LogP) is 2.76. The van der Waals surface area contributed by atoms with Gasteiger partial charge in [-0.25, -0.2) is 4.79 Å². The number of amides is 2. The molecule has 5 nitrogen and oxygen atoms in total. The van der Waals surface area contributed by atoms with Gasteiger partial charge in [0.05, 0.1) is 0 Å². The number of carbonyl (C=O) groups excluding carboxylic acids is 1. The Kier molecular flexibility index (Phi) is 6.82. The van der Waals surface area contributed by atoms with E-state index in [0.29, 0.717) is 18.9 Å². The average Bonchev–Trinajstić information content (AvgIpc) is 2.80. The fraction of sp³-hybridized carbons (Fsp3) is 0.867. The van der Waals surface area contributed by atoms with E-state index < -0.39 is 5.97 Å². The summed E-state index contributed by atoms with van der Waals surface area (Å²) in [4.78, 5) is 22.1. The summed E-state index contributed by atoms with van der Waals surface area (Å²) >= 11 is 0. The first-order valence-corrected chi connectivity index (χ1v) is 7.67. The molecular formula is C15H28N2O3. The smallest absolute Gasteiger partial charge is 0.314 e. The monoisotopic (exact) mass is 284 g/mol. The Bertz CT molecular complexity index is 323. The summed E-state index contributed by atoms with van der Waals surface area (Å²) in [6.07, 6.45) is 6.64. The molecule has 2 amide bonds. The molecule has 0 radical (unpaired) electrons. The van der Waals surface area contributed by atoms with Crippen molar-refractivity contribution < 1.29 is 14.7 Å². The van der Waals surface area contributed by atoms with Crippen LogP contribution in [0.4, 0.5) is 4.79 Å². The number of hydrogen-bond donors (Lipinski definition) is 3. The molecule has 0 aromatic heterocycles. The second-order valence-electron chi connectivity index (χ2n) is 6.41.